The van der Waals surface area contributed by atoms with Gasteiger partial charge in [-0.1, -0.05) is 31.5 Å². The number of allylic oxidation sites excluding steroid dienone is 4. The Morgan fingerprint density at radius 3 is 2.57 bits per heavy atom. The molecule has 4 rings (SSSR count). The lowest BCUT2D eigenvalue weighted by molar-refractivity contribution is -0.114. The van der Waals surface area contributed by atoms with Crippen LogP contribution >= 0.6 is 11.6 Å². The molecule has 3 fully saturated rings. The highest BCUT2D eigenvalue weighted by Crippen LogP contribution is 2.67. The summed E-state index contributed by atoms with van der Waals surface area (Å²) in [4.78, 5) is 12.0. The Morgan fingerprint density at radius 1 is 1.13 bits per heavy atom. The van der Waals surface area contributed by atoms with E-state index in [4.69, 9.17) is 11.6 Å². The molecule has 3 heteroatoms. The van der Waals surface area contributed by atoms with Crippen molar-refractivity contribution in [2.75, 3.05) is 0 Å². The molecular formula is C20H27ClO2. The summed E-state index contributed by atoms with van der Waals surface area (Å²) in [7, 11) is 0. The zero-order chi connectivity index (χ0) is 16.6. The average Bonchev–Trinajstić information content (AvgIpc) is 2.74. The predicted octanol–water partition coefficient (Wildman–Crippen LogP) is 4.61. The van der Waals surface area contributed by atoms with Gasteiger partial charge in [0.25, 0.3) is 0 Å². The molecule has 0 aliphatic heterocycles. The van der Waals surface area contributed by atoms with Gasteiger partial charge >= 0.3 is 0 Å². The fraction of sp³-hybridized carbons (Fsp3) is 0.750. The second-order valence-electron chi connectivity index (χ2n) is 8.96. The smallest absolute Gasteiger partial charge is 0.196 e. The fourth-order valence-electron chi connectivity index (χ4n) is 6.52. The molecule has 0 bridgehead atoms. The first kappa shape index (κ1) is 15.9. The van der Waals surface area contributed by atoms with Gasteiger partial charge in [-0.25, -0.2) is 0 Å². The minimum absolute atomic E-state index is 0.0259. The molecule has 3 saturated carbocycles. The van der Waals surface area contributed by atoms with Gasteiger partial charge in [0, 0.05) is 5.41 Å². The quantitative estimate of drug-likeness (QED) is 0.702. The molecular weight excluding hydrogens is 308 g/mol. The van der Waals surface area contributed by atoms with Crippen LogP contribution in [-0.4, -0.2) is 16.5 Å². The molecule has 0 aromatic heterocycles. The van der Waals surface area contributed by atoms with Crippen LogP contribution in [0.1, 0.15) is 59.3 Å². The Labute approximate surface area is 144 Å². The minimum Gasteiger partial charge on any atom is -0.390 e. The number of fused-ring (bicyclic) bond motifs is 5. The summed E-state index contributed by atoms with van der Waals surface area (Å²) in [5.74, 6) is 1.76. The van der Waals surface area contributed by atoms with Crippen molar-refractivity contribution in [2.45, 2.75) is 64.9 Å². The lowest BCUT2D eigenvalue weighted by Crippen LogP contribution is -2.53. The Kier molecular flexibility index (Phi) is 3.27. The van der Waals surface area contributed by atoms with Gasteiger partial charge in [-0.15, -0.1) is 0 Å². The third-order valence-electron chi connectivity index (χ3n) is 8.21. The molecule has 4 aliphatic rings. The van der Waals surface area contributed by atoms with Crippen LogP contribution in [0.25, 0.3) is 0 Å². The SMILES string of the molecule is C[C@]12C=CC(=O)C(Cl)=C1CC[C@@H]1[C@H]2CC[C@@]2(C)[C@H]1CC[C@]2(C)O. The van der Waals surface area contributed by atoms with E-state index in [-0.39, 0.29) is 16.6 Å². The summed E-state index contributed by atoms with van der Waals surface area (Å²) in [6.07, 6.45) is 10.1. The van der Waals surface area contributed by atoms with Gasteiger partial charge < -0.3 is 5.11 Å². The highest BCUT2D eigenvalue weighted by Gasteiger charge is 2.62. The molecule has 0 amide bonds. The van der Waals surface area contributed by atoms with E-state index in [9.17, 15) is 9.90 Å². The number of hydrogen-bond acceptors (Lipinski definition) is 2. The van der Waals surface area contributed by atoms with Crippen LogP contribution < -0.4 is 0 Å². The zero-order valence-corrected chi connectivity index (χ0v) is 15.1. The second kappa shape index (κ2) is 4.73. The van der Waals surface area contributed by atoms with Crippen LogP contribution in [0.4, 0.5) is 0 Å². The molecule has 0 aromatic carbocycles. The standard InChI is InChI=1S/C20H27ClO2/c1-18-9-8-16(22)17(21)15(18)5-4-12-13(18)6-10-19(2)14(12)7-11-20(19,3)23/h8-9,12-14,23H,4-7,10-11H2,1-3H3/t12-,13-,14+,18-,19+,20+/m1/s1. The molecule has 4 aliphatic carbocycles. The van der Waals surface area contributed by atoms with Gasteiger partial charge in [0.1, 0.15) is 0 Å². The third kappa shape index (κ3) is 1.88. The number of ketones is 1. The molecule has 2 nitrogen and oxygen atoms in total. The van der Waals surface area contributed by atoms with Crippen LogP contribution in [0.3, 0.4) is 0 Å². The van der Waals surface area contributed by atoms with Crippen molar-refractivity contribution in [1.29, 1.82) is 0 Å². The topological polar surface area (TPSA) is 37.3 Å². The van der Waals surface area contributed by atoms with Crippen molar-refractivity contribution in [3.63, 3.8) is 0 Å². The maximum Gasteiger partial charge on any atom is 0.196 e. The maximum atomic E-state index is 12.0. The van der Waals surface area contributed by atoms with E-state index in [1.165, 1.54) is 5.57 Å². The first-order chi connectivity index (χ1) is 10.7. The molecule has 0 saturated heterocycles. The number of hydrogen-bond donors (Lipinski definition) is 1. The predicted molar refractivity (Wildman–Crippen MR) is 92.0 cm³/mol. The summed E-state index contributed by atoms with van der Waals surface area (Å²) in [6, 6.07) is 0. The minimum atomic E-state index is -0.532. The fourth-order valence-corrected chi connectivity index (χ4v) is 6.88. The maximum absolute atomic E-state index is 12.0. The van der Waals surface area contributed by atoms with E-state index in [0.717, 1.165) is 38.5 Å². The van der Waals surface area contributed by atoms with Gasteiger partial charge in [-0.3, -0.25) is 4.79 Å². The lowest BCUT2D eigenvalue weighted by atomic mass is 9.47. The van der Waals surface area contributed by atoms with Crippen LogP contribution in [0, 0.1) is 28.6 Å². The van der Waals surface area contributed by atoms with Crippen molar-refractivity contribution in [3.05, 3.63) is 22.8 Å². The number of rotatable bonds is 0. The number of halogens is 1. The van der Waals surface area contributed by atoms with E-state index in [1.54, 1.807) is 6.08 Å². The molecule has 0 unspecified atom stereocenters. The Hall–Kier alpha value is -0.600. The second-order valence-corrected chi connectivity index (χ2v) is 9.33. The molecule has 0 spiro atoms. The summed E-state index contributed by atoms with van der Waals surface area (Å²) < 4.78 is 0. The monoisotopic (exact) mass is 334 g/mol. The summed E-state index contributed by atoms with van der Waals surface area (Å²) in [6.45, 7) is 6.63. The third-order valence-corrected chi connectivity index (χ3v) is 8.62. The summed E-state index contributed by atoms with van der Waals surface area (Å²) in [5, 5.41) is 11.4. The van der Waals surface area contributed by atoms with Crippen LogP contribution in [-0.2, 0) is 4.79 Å². The first-order valence-corrected chi connectivity index (χ1v) is 9.43. The molecule has 0 aromatic rings. The number of aliphatic hydroxyl groups is 1. The average molecular weight is 335 g/mol. The molecule has 23 heavy (non-hydrogen) atoms. The van der Waals surface area contributed by atoms with Gasteiger partial charge in [0.05, 0.1) is 10.6 Å². The Bertz CT molecular complexity index is 632. The van der Waals surface area contributed by atoms with Gasteiger partial charge in [-0.2, -0.15) is 0 Å². The summed E-state index contributed by atoms with van der Waals surface area (Å²) in [5.41, 5.74) is 0.615. The van der Waals surface area contributed by atoms with E-state index in [2.05, 4.69) is 19.9 Å². The van der Waals surface area contributed by atoms with Crippen molar-refractivity contribution in [2.24, 2.45) is 28.6 Å². The van der Waals surface area contributed by atoms with Crippen molar-refractivity contribution < 1.29 is 9.90 Å². The zero-order valence-electron chi connectivity index (χ0n) is 14.4. The molecule has 0 heterocycles. The largest absolute Gasteiger partial charge is 0.390 e. The van der Waals surface area contributed by atoms with E-state index in [1.807, 2.05) is 6.92 Å². The summed E-state index contributed by atoms with van der Waals surface area (Å²) >= 11 is 6.38. The van der Waals surface area contributed by atoms with E-state index < -0.39 is 5.60 Å². The van der Waals surface area contributed by atoms with E-state index in [0.29, 0.717) is 22.8 Å². The normalized spacial score (nSPS) is 52.2. The van der Waals surface area contributed by atoms with E-state index >= 15 is 0 Å². The molecule has 126 valence electrons. The lowest BCUT2D eigenvalue weighted by Gasteiger charge is -2.58. The van der Waals surface area contributed by atoms with Crippen LogP contribution in [0.2, 0.25) is 0 Å². The highest BCUT2D eigenvalue weighted by atomic mass is 35.5. The molecule has 6 atom stereocenters. The highest BCUT2D eigenvalue weighted by molar-refractivity contribution is 6.45. The van der Waals surface area contributed by atoms with Crippen molar-refractivity contribution in [3.8, 4) is 0 Å². The first-order valence-electron chi connectivity index (χ1n) is 9.06. The number of carbonyl (C=O) groups excluding carboxylic acids is 1. The van der Waals surface area contributed by atoms with Crippen LogP contribution in [0.15, 0.2) is 22.8 Å². The molecule has 0 radical (unpaired) electrons. The van der Waals surface area contributed by atoms with Gasteiger partial charge in [0.2, 0.25) is 0 Å². The Balaban J connectivity index is 1.74. The molecule has 1 N–H and O–H groups in total. The van der Waals surface area contributed by atoms with Crippen molar-refractivity contribution in [1.82, 2.24) is 0 Å². The van der Waals surface area contributed by atoms with Crippen molar-refractivity contribution >= 4 is 17.4 Å². The van der Waals surface area contributed by atoms with Gasteiger partial charge in [-0.05, 0) is 80.3 Å². The van der Waals surface area contributed by atoms with Gasteiger partial charge in [0.15, 0.2) is 5.78 Å². The number of carbonyl (C=O) groups is 1. The van der Waals surface area contributed by atoms with Crippen LogP contribution in [0.5, 0.6) is 0 Å². The Morgan fingerprint density at radius 2 is 1.83 bits per heavy atom.